The first-order valence-corrected chi connectivity index (χ1v) is 3.61. The van der Waals surface area contributed by atoms with E-state index in [2.05, 4.69) is 11.2 Å². The highest BCUT2D eigenvalue weighted by Crippen LogP contribution is 1.84. The Hall–Kier alpha value is -1.01. The summed E-state index contributed by atoms with van der Waals surface area (Å²) in [6.45, 7) is 3.69. The highest BCUT2D eigenvalue weighted by molar-refractivity contribution is 5.77. The van der Waals surface area contributed by atoms with Gasteiger partial charge in [0.25, 0.3) is 0 Å². The van der Waals surface area contributed by atoms with Gasteiger partial charge in [-0.25, -0.2) is 0 Å². The number of hydrogen-bond donors (Lipinski definition) is 1. The molecule has 0 aliphatic heterocycles. The molecule has 0 aliphatic rings. The van der Waals surface area contributed by atoms with Crippen LogP contribution in [0.2, 0.25) is 0 Å². The molecular weight excluding hydrogens is 140 g/mol. The zero-order chi connectivity index (χ0) is 8.69. The summed E-state index contributed by atoms with van der Waals surface area (Å²) in [5.41, 5.74) is 0. The monoisotopic (exact) mass is 154 g/mol. The number of nitrogens with one attached hydrogen (secondary N) is 1. The van der Waals surface area contributed by atoms with Crippen LogP contribution >= 0.6 is 0 Å². The largest absolute Gasteiger partial charge is 0.358 e. The molecule has 0 spiro atoms. The lowest BCUT2D eigenvalue weighted by Crippen LogP contribution is -2.35. The fourth-order valence-corrected chi connectivity index (χ4v) is 0.691. The van der Waals surface area contributed by atoms with Crippen molar-refractivity contribution >= 4 is 5.91 Å². The number of amides is 1. The van der Waals surface area contributed by atoms with Crippen LogP contribution in [0.15, 0.2) is 0 Å². The van der Waals surface area contributed by atoms with Crippen LogP contribution in [0, 0.1) is 12.3 Å². The maximum absolute atomic E-state index is 10.8. The van der Waals surface area contributed by atoms with E-state index < -0.39 is 0 Å². The van der Waals surface area contributed by atoms with Gasteiger partial charge >= 0.3 is 0 Å². The van der Waals surface area contributed by atoms with Gasteiger partial charge in [0.2, 0.25) is 5.91 Å². The third-order valence-electron chi connectivity index (χ3n) is 1.41. The molecule has 0 atom stereocenters. The molecule has 0 aromatic carbocycles. The minimum atomic E-state index is 0.00194. The van der Waals surface area contributed by atoms with E-state index in [0.29, 0.717) is 13.1 Å². The molecule has 62 valence electrons. The second-order valence-electron chi connectivity index (χ2n) is 2.18. The van der Waals surface area contributed by atoms with E-state index in [1.54, 1.807) is 7.05 Å². The van der Waals surface area contributed by atoms with Gasteiger partial charge in [0, 0.05) is 7.05 Å². The highest BCUT2D eigenvalue weighted by atomic mass is 16.1. The van der Waals surface area contributed by atoms with Gasteiger partial charge < -0.3 is 5.32 Å². The smallest absolute Gasteiger partial charge is 0.233 e. The van der Waals surface area contributed by atoms with Crippen LogP contribution in [0.4, 0.5) is 0 Å². The van der Waals surface area contributed by atoms with Gasteiger partial charge in [-0.15, -0.1) is 6.42 Å². The van der Waals surface area contributed by atoms with E-state index in [9.17, 15) is 4.79 Å². The zero-order valence-corrected chi connectivity index (χ0v) is 7.05. The second kappa shape index (κ2) is 5.75. The molecule has 0 aromatic rings. The van der Waals surface area contributed by atoms with Crippen molar-refractivity contribution in [2.45, 2.75) is 6.92 Å². The molecule has 0 saturated carbocycles. The molecule has 0 heterocycles. The van der Waals surface area contributed by atoms with Crippen molar-refractivity contribution in [3.8, 4) is 12.3 Å². The lowest BCUT2D eigenvalue weighted by molar-refractivity contribution is -0.121. The van der Waals surface area contributed by atoms with E-state index in [1.807, 2.05) is 11.8 Å². The van der Waals surface area contributed by atoms with Crippen molar-refractivity contribution in [3.63, 3.8) is 0 Å². The van der Waals surface area contributed by atoms with Crippen molar-refractivity contribution in [2.24, 2.45) is 0 Å². The van der Waals surface area contributed by atoms with Gasteiger partial charge in [0.15, 0.2) is 0 Å². The lowest BCUT2D eigenvalue weighted by Gasteiger charge is -2.15. The first-order valence-electron chi connectivity index (χ1n) is 3.61. The molecule has 3 nitrogen and oxygen atoms in total. The summed E-state index contributed by atoms with van der Waals surface area (Å²) in [6, 6.07) is 0. The Morgan fingerprint density at radius 3 is 2.73 bits per heavy atom. The van der Waals surface area contributed by atoms with E-state index in [-0.39, 0.29) is 5.91 Å². The average molecular weight is 154 g/mol. The quantitative estimate of drug-likeness (QED) is 0.563. The van der Waals surface area contributed by atoms with E-state index in [1.165, 1.54) is 0 Å². The molecule has 0 radical (unpaired) electrons. The number of carbonyl (C=O) groups is 1. The Bertz CT molecular complexity index is 160. The second-order valence-corrected chi connectivity index (χ2v) is 2.18. The molecule has 0 rings (SSSR count). The minimum absolute atomic E-state index is 0.00194. The average Bonchev–Trinajstić information content (AvgIpc) is 2.03. The van der Waals surface area contributed by atoms with Gasteiger partial charge in [-0.1, -0.05) is 12.8 Å². The van der Waals surface area contributed by atoms with Gasteiger partial charge in [-0.2, -0.15) is 0 Å². The number of likely N-dealkylation sites (N-methyl/N-ethyl adjacent to an activating group) is 2. The Morgan fingerprint density at radius 2 is 2.36 bits per heavy atom. The summed E-state index contributed by atoms with van der Waals surface area (Å²) >= 11 is 0. The third-order valence-corrected chi connectivity index (χ3v) is 1.41. The van der Waals surface area contributed by atoms with Crippen LogP contribution in [0.3, 0.4) is 0 Å². The van der Waals surface area contributed by atoms with Crippen LogP contribution in [0.1, 0.15) is 6.92 Å². The van der Waals surface area contributed by atoms with E-state index in [0.717, 1.165) is 6.54 Å². The molecule has 1 amide bonds. The molecule has 0 fully saturated rings. The molecule has 3 heteroatoms. The molecule has 0 saturated heterocycles. The number of rotatable bonds is 4. The molecule has 0 unspecified atom stereocenters. The molecule has 0 bridgehead atoms. The Labute approximate surface area is 67.8 Å². The van der Waals surface area contributed by atoms with Crippen LogP contribution in [0.5, 0.6) is 0 Å². The predicted molar refractivity (Wildman–Crippen MR) is 45.0 cm³/mol. The fourth-order valence-electron chi connectivity index (χ4n) is 0.691. The highest BCUT2D eigenvalue weighted by Gasteiger charge is 2.04. The summed E-state index contributed by atoms with van der Waals surface area (Å²) in [5, 5.41) is 2.54. The Kier molecular flexibility index (Phi) is 5.22. The summed E-state index contributed by atoms with van der Waals surface area (Å²) in [6.07, 6.45) is 5.10. The maximum Gasteiger partial charge on any atom is 0.233 e. The van der Waals surface area contributed by atoms with Crippen molar-refractivity contribution in [2.75, 3.05) is 26.7 Å². The van der Waals surface area contributed by atoms with Crippen molar-refractivity contribution in [1.29, 1.82) is 0 Å². The topological polar surface area (TPSA) is 32.3 Å². The predicted octanol–water partition coefficient (Wildman–Crippen LogP) is -0.312. The zero-order valence-electron chi connectivity index (χ0n) is 7.05. The van der Waals surface area contributed by atoms with Gasteiger partial charge in [0.05, 0.1) is 13.1 Å². The Balaban J connectivity index is 3.70. The number of nitrogens with zero attached hydrogens (tertiary/aromatic N) is 1. The van der Waals surface area contributed by atoms with Gasteiger partial charge in [-0.3, -0.25) is 9.69 Å². The minimum Gasteiger partial charge on any atom is -0.358 e. The third kappa shape index (κ3) is 4.40. The lowest BCUT2D eigenvalue weighted by atomic mass is 10.4. The summed E-state index contributed by atoms with van der Waals surface area (Å²) < 4.78 is 0. The van der Waals surface area contributed by atoms with Crippen LogP contribution in [-0.2, 0) is 4.79 Å². The summed E-state index contributed by atoms with van der Waals surface area (Å²) in [4.78, 5) is 12.7. The molecular formula is C8H14N2O. The maximum atomic E-state index is 10.8. The normalized spacial score (nSPS) is 9.27. The van der Waals surface area contributed by atoms with Crippen LogP contribution < -0.4 is 5.32 Å². The van der Waals surface area contributed by atoms with Crippen LogP contribution in [-0.4, -0.2) is 37.5 Å². The molecule has 0 aliphatic carbocycles. The van der Waals surface area contributed by atoms with Crippen LogP contribution in [0.25, 0.3) is 0 Å². The van der Waals surface area contributed by atoms with Gasteiger partial charge in [-0.05, 0) is 6.54 Å². The standard InChI is InChI=1S/C8H14N2O/c1-4-6-10(5-2)7-8(11)9-3/h1H,5-7H2,2-3H3,(H,9,11). The first-order chi connectivity index (χ1) is 5.24. The Morgan fingerprint density at radius 1 is 1.73 bits per heavy atom. The van der Waals surface area contributed by atoms with E-state index in [4.69, 9.17) is 6.42 Å². The number of carbonyl (C=O) groups excluding carboxylic acids is 1. The van der Waals surface area contributed by atoms with Crippen molar-refractivity contribution < 1.29 is 4.79 Å². The summed E-state index contributed by atoms with van der Waals surface area (Å²) in [5.74, 6) is 2.50. The fraction of sp³-hybridized carbons (Fsp3) is 0.625. The SMILES string of the molecule is C#CCN(CC)CC(=O)NC. The molecule has 11 heavy (non-hydrogen) atoms. The molecule has 1 N–H and O–H groups in total. The van der Waals surface area contributed by atoms with E-state index >= 15 is 0 Å². The number of terminal acetylenes is 1. The summed E-state index contributed by atoms with van der Waals surface area (Å²) in [7, 11) is 1.62. The molecule has 0 aromatic heterocycles. The number of hydrogen-bond acceptors (Lipinski definition) is 2. The first kappa shape index (κ1) is 9.99. The van der Waals surface area contributed by atoms with Gasteiger partial charge in [0.1, 0.15) is 0 Å². The van der Waals surface area contributed by atoms with Crippen molar-refractivity contribution in [1.82, 2.24) is 10.2 Å². The van der Waals surface area contributed by atoms with Crippen molar-refractivity contribution in [3.05, 3.63) is 0 Å².